The van der Waals surface area contributed by atoms with Crippen LogP contribution in [0.2, 0.25) is 0 Å². The Balaban J connectivity index is 1.44. The molecule has 3 amide bonds. The van der Waals surface area contributed by atoms with E-state index >= 15 is 0 Å². The van der Waals surface area contributed by atoms with E-state index in [9.17, 15) is 9.59 Å². The third-order valence-corrected chi connectivity index (χ3v) is 4.41. The summed E-state index contributed by atoms with van der Waals surface area (Å²) in [6.07, 6.45) is 8.83. The highest BCUT2D eigenvalue weighted by molar-refractivity contribution is 5.89. The predicted octanol–water partition coefficient (Wildman–Crippen LogP) is 0.949. The van der Waals surface area contributed by atoms with E-state index in [1.54, 1.807) is 6.08 Å². The Morgan fingerprint density at radius 1 is 1.32 bits per heavy atom. The molecule has 0 aromatic heterocycles. The van der Waals surface area contributed by atoms with Gasteiger partial charge in [0.15, 0.2) is 0 Å². The highest BCUT2D eigenvalue weighted by atomic mass is 16.2. The van der Waals surface area contributed by atoms with Gasteiger partial charge in [-0.2, -0.15) is 0 Å². The first-order chi connectivity index (χ1) is 10.7. The topological polar surface area (TPSA) is 64.7 Å². The van der Waals surface area contributed by atoms with Crippen molar-refractivity contribution in [3.05, 3.63) is 12.2 Å². The third-order valence-electron chi connectivity index (χ3n) is 4.41. The Bertz CT molecular complexity index is 411. The van der Waals surface area contributed by atoms with Gasteiger partial charge >= 0.3 is 6.03 Å². The van der Waals surface area contributed by atoms with E-state index in [0.29, 0.717) is 6.04 Å². The molecule has 1 atom stereocenters. The van der Waals surface area contributed by atoms with Crippen molar-refractivity contribution in [3.8, 4) is 0 Å². The van der Waals surface area contributed by atoms with Crippen LogP contribution < -0.4 is 10.6 Å². The minimum atomic E-state index is 0.0616. The molecule has 2 rings (SSSR count). The minimum absolute atomic E-state index is 0.0616. The molecule has 1 saturated heterocycles. The molecule has 0 aromatic rings. The van der Waals surface area contributed by atoms with Crippen molar-refractivity contribution in [2.45, 2.75) is 38.1 Å². The molecular formula is C16H28N4O2. The molecule has 0 aliphatic carbocycles. The molecule has 6 heteroatoms. The summed E-state index contributed by atoms with van der Waals surface area (Å²) in [7, 11) is 1.94. The van der Waals surface area contributed by atoms with Crippen LogP contribution in [-0.4, -0.2) is 67.6 Å². The summed E-state index contributed by atoms with van der Waals surface area (Å²) in [5.41, 5.74) is 0. The Kier molecular flexibility index (Phi) is 6.71. The minimum Gasteiger partial charge on any atom is -0.338 e. The van der Waals surface area contributed by atoms with Gasteiger partial charge < -0.3 is 20.4 Å². The van der Waals surface area contributed by atoms with Gasteiger partial charge in [-0.25, -0.2) is 4.79 Å². The summed E-state index contributed by atoms with van der Waals surface area (Å²) in [5, 5.41) is 6.20. The molecule has 0 bridgehead atoms. The molecule has 22 heavy (non-hydrogen) atoms. The third kappa shape index (κ3) is 5.02. The van der Waals surface area contributed by atoms with E-state index in [2.05, 4.69) is 10.6 Å². The van der Waals surface area contributed by atoms with Crippen molar-refractivity contribution in [1.29, 1.82) is 0 Å². The summed E-state index contributed by atoms with van der Waals surface area (Å²) in [4.78, 5) is 27.1. The molecular weight excluding hydrogens is 280 g/mol. The first-order valence-corrected chi connectivity index (χ1v) is 8.36. The monoisotopic (exact) mass is 308 g/mol. The molecule has 124 valence electrons. The van der Waals surface area contributed by atoms with Crippen LogP contribution in [0, 0.1) is 0 Å². The molecule has 2 N–H and O–H groups in total. The van der Waals surface area contributed by atoms with E-state index in [-0.39, 0.29) is 11.9 Å². The van der Waals surface area contributed by atoms with Gasteiger partial charge in [0, 0.05) is 44.8 Å². The van der Waals surface area contributed by atoms with Crippen molar-refractivity contribution in [2.75, 3.05) is 39.8 Å². The number of rotatable bonds is 8. The van der Waals surface area contributed by atoms with Crippen LogP contribution >= 0.6 is 0 Å². The Hall–Kier alpha value is -1.56. The van der Waals surface area contributed by atoms with Crippen molar-refractivity contribution >= 4 is 11.9 Å². The number of hydrogen-bond acceptors (Lipinski definition) is 3. The Morgan fingerprint density at radius 3 is 2.82 bits per heavy atom. The molecule has 0 radical (unpaired) electrons. The molecule has 1 fully saturated rings. The maximum absolute atomic E-state index is 11.9. The zero-order valence-electron chi connectivity index (χ0n) is 13.5. The van der Waals surface area contributed by atoms with Crippen LogP contribution in [0.5, 0.6) is 0 Å². The average Bonchev–Trinajstić information content (AvgIpc) is 3.15. The molecule has 0 unspecified atom stereocenters. The second-order valence-corrected chi connectivity index (χ2v) is 6.05. The molecule has 0 saturated carbocycles. The van der Waals surface area contributed by atoms with E-state index in [1.807, 2.05) is 22.9 Å². The van der Waals surface area contributed by atoms with Crippen molar-refractivity contribution in [3.63, 3.8) is 0 Å². The fraction of sp³-hybridized carbons (Fsp3) is 0.750. The zero-order valence-corrected chi connectivity index (χ0v) is 13.5. The number of likely N-dealkylation sites (N-methyl/N-ethyl adjacent to an activating group) is 1. The summed E-state index contributed by atoms with van der Waals surface area (Å²) in [5.74, 6) is 0.137. The van der Waals surface area contributed by atoms with E-state index in [4.69, 9.17) is 0 Å². The van der Waals surface area contributed by atoms with Gasteiger partial charge in [-0.3, -0.25) is 4.79 Å². The molecule has 0 aromatic carbocycles. The first kappa shape index (κ1) is 16.8. The predicted molar refractivity (Wildman–Crippen MR) is 86.6 cm³/mol. The van der Waals surface area contributed by atoms with Gasteiger partial charge in [0.1, 0.15) is 0 Å². The summed E-state index contributed by atoms with van der Waals surface area (Å²) >= 11 is 0. The Morgan fingerprint density at radius 2 is 2.14 bits per heavy atom. The summed E-state index contributed by atoms with van der Waals surface area (Å²) < 4.78 is 0. The molecule has 2 heterocycles. The van der Waals surface area contributed by atoms with E-state index < -0.39 is 0 Å². The standard InChI is InChI=1S/C16H28N4O2/c1-17-14-8-12-20(13-14)16(22)18-9-4-2-3-5-10-19-11-6-7-15(19)21/h6-7,14,17H,2-5,8-13H2,1H3,(H,18,22)/t14-/m1/s1. The maximum Gasteiger partial charge on any atom is 0.317 e. The largest absolute Gasteiger partial charge is 0.338 e. The Labute approximate surface area is 132 Å². The smallest absolute Gasteiger partial charge is 0.317 e. The molecule has 2 aliphatic heterocycles. The number of carbonyl (C=O) groups is 2. The van der Waals surface area contributed by atoms with Crippen LogP contribution in [0.3, 0.4) is 0 Å². The zero-order chi connectivity index (χ0) is 15.8. The van der Waals surface area contributed by atoms with Crippen molar-refractivity contribution in [2.24, 2.45) is 0 Å². The van der Waals surface area contributed by atoms with Crippen molar-refractivity contribution in [1.82, 2.24) is 20.4 Å². The number of unbranched alkanes of at least 4 members (excludes halogenated alkanes) is 3. The molecule has 2 aliphatic rings. The van der Waals surface area contributed by atoms with Crippen molar-refractivity contribution < 1.29 is 9.59 Å². The van der Waals surface area contributed by atoms with Crippen LogP contribution in [-0.2, 0) is 4.79 Å². The molecule has 6 nitrogen and oxygen atoms in total. The van der Waals surface area contributed by atoms with Gasteiger partial charge in [0.2, 0.25) is 5.91 Å². The number of hydrogen-bond donors (Lipinski definition) is 2. The van der Waals surface area contributed by atoms with Crippen LogP contribution in [0.25, 0.3) is 0 Å². The highest BCUT2D eigenvalue weighted by Gasteiger charge is 2.24. The number of nitrogens with zero attached hydrogens (tertiary/aromatic N) is 2. The van der Waals surface area contributed by atoms with Gasteiger partial charge in [-0.1, -0.05) is 18.9 Å². The van der Waals surface area contributed by atoms with Crippen LogP contribution in [0.15, 0.2) is 12.2 Å². The lowest BCUT2D eigenvalue weighted by atomic mass is 10.2. The number of urea groups is 1. The maximum atomic E-state index is 11.9. The second-order valence-electron chi connectivity index (χ2n) is 6.05. The summed E-state index contributed by atoms with van der Waals surface area (Å²) in [6.45, 7) is 3.99. The lowest BCUT2D eigenvalue weighted by Gasteiger charge is -2.17. The van der Waals surface area contributed by atoms with Gasteiger partial charge in [0.05, 0.1) is 0 Å². The highest BCUT2D eigenvalue weighted by Crippen LogP contribution is 2.09. The average molecular weight is 308 g/mol. The number of nitrogens with one attached hydrogen (secondary N) is 2. The second kappa shape index (κ2) is 8.78. The quantitative estimate of drug-likeness (QED) is 0.656. The fourth-order valence-electron chi connectivity index (χ4n) is 2.95. The SMILES string of the molecule is CN[C@@H]1CCN(C(=O)NCCCCCCN2CC=CC2=O)C1. The molecule has 0 spiro atoms. The lowest BCUT2D eigenvalue weighted by molar-refractivity contribution is -0.124. The number of likely N-dealkylation sites (tertiary alicyclic amines) is 1. The number of carbonyl (C=O) groups excluding carboxylic acids is 2. The van der Waals surface area contributed by atoms with Gasteiger partial charge in [-0.05, 0) is 26.3 Å². The number of amides is 3. The lowest BCUT2D eigenvalue weighted by Crippen LogP contribution is -2.40. The first-order valence-electron chi connectivity index (χ1n) is 8.36. The van der Waals surface area contributed by atoms with Gasteiger partial charge in [-0.15, -0.1) is 0 Å². The fourth-order valence-corrected chi connectivity index (χ4v) is 2.95. The summed E-state index contributed by atoms with van der Waals surface area (Å²) in [6, 6.07) is 0.500. The van der Waals surface area contributed by atoms with Crippen LogP contribution in [0.4, 0.5) is 4.79 Å². The van der Waals surface area contributed by atoms with Gasteiger partial charge in [0.25, 0.3) is 0 Å². The van der Waals surface area contributed by atoms with E-state index in [1.165, 1.54) is 0 Å². The van der Waals surface area contributed by atoms with Crippen LogP contribution in [0.1, 0.15) is 32.1 Å². The van der Waals surface area contributed by atoms with E-state index in [0.717, 1.165) is 64.8 Å². The normalized spacial score (nSPS) is 21.0.